The van der Waals surface area contributed by atoms with Gasteiger partial charge in [0.05, 0.1) is 6.54 Å². The third-order valence-corrected chi connectivity index (χ3v) is 4.05. The second-order valence-electron chi connectivity index (χ2n) is 5.26. The van der Waals surface area contributed by atoms with Crippen molar-refractivity contribution < 1.29 is 0 Å². The molecule has 2 saturated carbocycles. The van der Waals surface area contributed by atoms with E-state index in [1.54, 1.807) is 0 Å². The molecular weight excluding hydrogens is 198 g/mol. The lowest BCUT2D eigenvalue weighted by Crippen LogP contribution is -2.34. The van der Waals surface area contributed by atoms with Gasteiger partial charge >= 0.3 is 0 Å². The van der Waals surface area contributed by atoms with Gasteiger partial charge in [0.15, 0.2) is 0 Å². The van der Waals surface area contributed by atoms with E-state index in [1.165, 1.54) is 32.1 Å². The number of hydrogen-bond donors (Lipinski definition) is 1. The van der Waals surface area contributed by atoms with E-state index in [1.807, 2.05) is 18.5 Å². The van der Waals surface area contributed by atoms with Gasteiger partial charge < -0.3 is 5.32 Å². The summed E-state index contributed by atoms with van der Waals surface area (Å²) < 4.78 is 0. The van der Waals surface area contributed by atoms with Crippen molar-refractivity contribution >= 4 is 0 Å². The molecule has 1 N–H and O–H groups in total. The van der Waals surface area contributed by atoms with Crippen LogP contribution in [0.5, 0.6) is 0 Å². The van der Waals surface area contributed by atoms with Gasteiger partial charge in [-0.3, -0.25) is 0 Å². The molecule has 0 saturated heterocycles. The Morgan fingerprint density at radius 2 is 1.75 bits per heavy atom. The van der Waals surface area contributed by atoms with Crippen molar-refractivity contribution in [1.29, 1.82) is 0 Å². The Balaban J connectivity index is 1.52. The molecule has 2 aliphatic carbocycles. The Morgan fingerprint density at radius 3 is 2.44 bits per heavy atom. The van der Waals surface area contributed by atoms with E-state index in [9.17, 15) is 0 Å². The Kier molecular flexibility index (Phi) is 2.87. The molecule has 0 radical (unpaired) electrons. The number of aromatic nitrogens is 2. The minimum atomic E-state index is 0.704. The van der Waals surface area contributed by atoms with Crippen molar-refractivity contribution in [3.63, 3.8) is 0 Å². The average molecular weight is 217 g/mol. The number of nitrogens with one attached hydrogen (secondary N) is 1. The maximum Gasteiger partial charge on any atom is 0.141 e. The first kappa shape index (κ1) is 10.2. The standard InChI is InChI=1S/C13H19N3/c1-4-14-13(15-5-1)9-16-12-7-10-2-3-11(6-10)8-12/h1,4-5,10-12,16H,2-3,6-9H2/t10-,11+,12?. The number of fused-ring (bicyclic) bond motifs is 2. The van der Waals surface area contributed by atoms with Gasteiger partial charge in [0, 0.05) is 18.4 Å². The van der Waals surface area contributed by atoms with Crippen LogP contribution in [-0.4, -0.2) is 16.0 Å². The van der Waals surface area contributed by atoms with Crippen molar-refractivity contribution in [2.24, 2.45) is 11.8 Å². The fraction of sp³-hybridized carbons (Fsp3) is 0.692. The molecule has 3 atom stereocenters. The number of rotatable bonds is 3. The third-order valence-electron chi connectivity index (χ3n) is 4.05. The first-order valence-electron chi connectivity index (χ1n) is 6.39. The van der Waals surface area contributed by atoms with Gasteiger partial charge in [0.25, 0.3) is 0 Å². The summed E-state index contributed by atoms with van der Waals surface area (Å²) in [7, 11) is 0. The average Bonchev–Trinajstić information content (AvgIpc) is 2.67. The summed E-state index contributed by atoms with van der Waals surface area (Å²) >= 11 is 0. The predicted octanol–water partition coefficient (Wildman–Crippen LogP) is 2.14. The zero-order valence-electron chi connectivity index (χ0n) is 9.60. The first-order chi connectivity index (χ1) is 7.90. The van der Waals surface area contributed by atoms with Crippen LogP contribution >= 0.6 is 0 Å². The summed E-state index contributed by atoms with van der Waals surface area (Å²) in [6, 6.07) is 2.57. The molecule has 0 amide bonds. The third kappa shape index (κ3) is 2.24. The largest absolute Gasteiger partial charge is 0.307 e. The molecule has 86 valence electrons. The summed E-state index contributed by atoms with van der Waals surface area (Å²) in [5.41, 5.74) is 0. The normalized spacial score (nSPS) is 32.9. The Morgan fingerprint density at radius 1 is 1.06 bits per heavy atom. The first-order valence-corrected chi connectivity index (χ1v) is 6.39. The molecule has 3 nitrogen and oxygen atoms in total. The molecule has 0 spiro atoms. The zero-order chi connectivity index (χ0) is 10.8. The molecule has 1 aromatic rings. The fourth-order valence-corrected chi connectivity index (χ4v) is 3.33. The van der Waals surface area contributed by atoms with Crippen LogP contribution in [-0.2, 0) is 6.54 Å². The lowest BCUT2D eigenvalue weighted by Gasteiger charge is -2.28. The summed E-state index contributed by atoms with van der Waals surface area (Å²) in [4.78, 5) is 8.49. The summed E-state index contributed by atoms with van der Waals surface area (Å²) in [6.45, 7) is 0.824. The quantitative estimate of drug-likeness (QED) is 0.843. The van der Waals surface area contributed by atoms with E-state index in [4.69, 9.17) is 0 Å². The van der Waals surface area contributed by atoms with Crippen molar-refractivity contribution in [3.8, 4) is 0 Å². The monoisotopic (exact) mass is 217 g/mol. The molecule has 3 heteroatoms. The maximum absolute atomic E-state index is 4.24. The molecule has 1 heterocycles. The summed E-state index contributed by atoms with van der Waals surface area (Å²) in [6.07, 6.45) is 10.8. The van der Waals surface area contributed by atoms with E-state index in [0.717, 1.165) is 24.2 Å². The zero-order valence-corrected chi connectivity index (χ0v) is 9.60. The van der Waals surface area contributed by atoms with E-state index < -0.39 is 0 Å². The van der Waals surface area contributed by atoms with Crippen LogP contribution in [0.3, 0.4) is 0 Å². The maximum atomic E-state index is 4.24. The van der Waals surface area contributed by atoms with Crippen molar-refractivity contribution in [2.45, 2.75) is 44.7 Å². The minimum absolute atomic E-state index is 0.704. The SMILES string of the molecule is c1cnc(CNC2C[C@H]3CC[C@@H](C2)C3)nc1. The van der Waals surface area contributed by atoms with Gasteiger partial charge in [-0.25, -0.2) is 9.97 Å². The van der Waals surface area contributed by atoms with Crippen LogP contribution in [0.1, 0.15) is 37.9 Å². The van der Waals surface area contributed by atoms with Gasteiger partial charge in [0.1, 0.15) is 5.82 Å². The smallest absolute Gasteiger partial charge is 0.141 e. The van der Waals surface area contributed by atoms with E-state index in [-0.39, 0.29) is 0 Å². The van der Waals surface area contributed by atoms with Crippen LogP contribution in [0.25, 0.3) is 0 Å². The van der Waals surface area contributed by atoms with Crippen molar-refractivity contribution in [1.82, 2.24) is 15.3 Å². The van der Waals surface area contributed by atoms with E-state index >= 15 is 0 Å². The Bertz CT molecular complexity index is 326. The summed E-state index contributed by atoms with van der Waals surface area (Å²) in [5.74, 6) is 2.90. The Hall–Kier alpha value is -0.960. The second kappa shape index (κ2) is 4.50. The van der Waals surface area contributed by atoms with Gasteiger partial charge in [-0.05, 0) is 37.2 Å². The van der Waals surface area contributed by atoms with Gasteiger partial charge in [-0.2, -0.15) is 0 Å². The predicted molar refractivity (Wildman–Crippen MR) is 62.7 cm³/mol. The second-order valence-corrected chi connectivity index (χ2v) is 5.26. The lowest BCUT2D eigenvalue weighted by molar-refractivity contribution is 0.278. The summed E-state index contributed by atoms with van der Waals surface area (Å²) in [5, 5.41) is 3.61. The molecule has 1 aromatic heterocycles. The highest BCUT2D eigenvalue weighted by Crippen LogP contribution is 2.41. The fourth-order valence-electron chi connectivity index (χ4n) is 3.33. The van der Waals surface area contributed by atoms with Crippen LogP contribution in [0.2, 0.25) is 0 Å². The highest BCUT2D eigenvalue weighted by molar-refractivity contribution is 4.92. The molecule has 0 aromatic carbocycles. The highest BCUT2D eigenvalue weighted by Gasteiger charge is 2.33. The number of nitrogens with zero attached hydrogens (tertiary/aromatic N) is 2. The lowest BCUT2D eigenvalue weighted by atomic mass is 9.85. The Labute approximate surface area is 96.7 Å². The van der Waals surface area contributed by atoms with Crippen molar-refractivity contribution in [2.75, 3.05) is 0 Å². The highest BCUT2D eigenvalue weighted by atomic mass is 15.0. The minimum Gasteiger partial charge on any atom is -0.307 e. The van der Waals surface area contributed by atoms with Gasteiger partial charge in [-0.15, -0.1) is 0 Å². The molecule has 1 unspecified atom stereocenters. The molecule has 3 rings (SSSR count). The molecule has 2 fully saturated rings. The van der Waals surface area contributed by atoms with Crippen LogP contribution in [0.15, 0.2) is 18.5 Å². The molecule has 16 heavy (non-hydrogen) atoms. The molecule has 2 aliphatic rings. The van der Waals surface area contributed by atoms with Crippen LogP contribution in [0, 0.1) is 11.8 Å². The van der Waals surface area contributed by atoms with Crippen molar-refractivity contribution in [3.05, 3.63) is 24.3 Å². The number of hydrogen-bond acceptors (Lipinski definition) is 3. The van der Waals surface area contributed by atoms with Gasteiger partial charge in [-0.1, -0.05) is 12.8 Å². The molecule has 0 aliphatic heterocycles. The van der Waals surface area contributed by atoms with Crippen LogP contribution in [0.4, 0.5) is 0 Å². The van der Waals surface area contributed by atoms with Gasteiger partial charge in [0.2, 0.25) is 0 Å². The molecular formula is C13H19N3. The van der Waals surface area contributed by atoms with Crippen LogP contribution < -0.4 is 5.32 Å². The van der Waals surface area contributed by atoms with E-state index in [0.29, 0.717) is 6.04 Å². The van der Waals surface area contributed by atoms with E-state index in [2.05, 4.69) is 15.3 Å². The molecule has 2 bridgehead atoms. The topological polar surface area (TPSA) is 37.8 Å².